The van der Waals surface area contributed by atoms with Crippen molar-refractivity contribution in [2.75, 3.05) is 0 Å². The zero-order valence-electron chi connectivity index (χ0n) is 11.7. The predicted molar refractivity (Wildman–Crippen MR) is 67.7 cm³/mol. The van der Waals surface area contributed by atoms with Crippen molar-refractivity contribution < 1.29 is 0 Å². The third-order valence-electron chi connectivity index (χ3n) is 0. The Morgan fingerprint density at radius 3 is 0.333 bits per heavy atom. The Morgan fingerprint density at radius 2 is 0.333 bits per heavy atom. The SMILES string of the molecule is CC#N.CC#N.CC#N.CC#N.CC#N.CC#N. The van der Waals surface area contributed by atoms with Crippen molar-refractivity contribution in [2.24, 2.45) is 0 Å². The molecule has 0 radical (unpaired) electrons. The third kappa shape index (κ3) is 197. The molecule has 96 valence electrons. The maximum absolute atomic E-state index is 7.32. The first kappa shape index (κ1) is 36.3. The summed E-state index contributed by atoms with van der Waals surface area (Å²) >= 11 is 0. The van der Waals surface area contributed by atoms with Gasteiger partial charge >= 0.3 is 0 Å². The summed E-state index contributed by atoms with van der Waals surface area (Å²) in [7, 11) is 0. The first-order valence-electron chi connectivity index (χ1n) is 4.34. The van der Waals surface area contributed by atoms with Crippen LogP contribution in [0.3, 0.4) is 0 Å². The Bertz CT molecular complexity index is 239. The highest BCUT2D eigenvalue weighted by Crippen LogP contribution is 1.23. The second kappa shape index (κ2) is 270. The highest BCUT2D eigenvalue weighted by molar-refractivity contribution is 4.52. The van der Waals surface area contributed by atoms with Crippen LogP contribution in [0.1, 0.15) is 41.5 Å². The summed E-state index contributed by atoms with van der Waals surface area (Å²) in [6.45, 7) is 8.58. The molecule has 0 rings (SSSR count). The molecule has 0 aromatic carbocycles. The van der Waals surface area contributed by atoms with Crippen LogP contribution in [-0.2, 0) is 0 Å². The zero-order chi connectivity index (χ0) is 16.2. The first-order valence-corrected chi connectivity index (χ1v) is 4.34. The lowest BCUT2D eigenvalue weighted by Gasteiger charge is -1.15. The molecule has 0 aromatic rings. The van der Waals surface area contributed by atoms with Crippen molar-refractivity contribution >= 4 is 0 Å². The summed E-state index contributed by atoms with van der Waals surface area (Å²) in [5.74, 6) is 0. The number of rotatable bonds is 0. The van der Waals surface area contributed by atoms with E-state index in [4.69, 9.17) is 31.6 Å². The Morgan fingerprint density at radius 1 is 0.333 bits per heavy atom. The molecule has 0 saturated carbocycles. The highest BCUT2D eigenvalue weighted by Gasteiger charge is 1.19. The number of hydrogen-bond acceptors (Lipinski definition) is 6. The average molecular weight is 246 g/mol. The van der Waals surface area contributed by atoms with Gasteiger partial charge in [-0.25, -0.2) is 0 Å². The van der Waals surface area contributed by atoms with Crippen molar-refractivity contribution in [1.82, 2.24) is 0 Å². The molecule has 0 aliphatic carbocycles. The van der Waals surface area contributed by atoms with Gasteiger partial charge in [-0.05, 0) is 0 Å². The van der Waals surface area contributed by atoms with Gasteiger partial charge in [0.05, 0.1) is 36.4 Å². The molecular weight excluding hydrogens is 228 g/mol. The molecule has 0 saturated heterocycles. The van der Waals surface area contributed by atoms with Gasteiger partial charge in [0.2, 0.25) is 0 Å². The van der Waals surface area contributed by atoms with Gasteiger partial charge in [0, 0.05) is 41.5 Å². The maximum atomic E-state index is 7.32. The van der Waals surface area contributed by atoms with Gasteiger partial charge in [-0.1, -0.05) is 0 Å². The van der Waals surface area contributed by atoms with Crippen molar-refractivity contribution in [2.45, 2.75) is 41.5 Å². The summed E-state index contributed by atoms with van der Waals surface area (Å²) in [5.41, 5.74) is 0. The third-order valence-corrected chi connectivity index (χ3v) is 0. The molecule has 0 aliphatic rings. The molecule has 6 heteroatoms. The lowest BCUT2D eigenvalue weighted by molar-refractivity contribution is 1.49. The van der Waals surface area contributed by atoms with E-state index in [2.05, 4.69) is 0 Å². The van der Waals surface area contributed by atoms with Crippen LogP contribution >= 0.6 is 0 Å². The molecule has 0 amide bonds. The predicted octanol–water partition coefficient (Wildman–Crippen LogP) is 3.18. The van der Waals surface area contributed by atoms with E-state index >= 15 is 0 Å². The van der Waals surface area contributed by atoms with Gasteiger partial charge in [0.1, 0.15) is 0 Å². The molecule has 0 atom stereocenters. The van der Waals surface area contributed by atoms with Crippen LogP contribution in [0.4, 0.5) is 0 Å². The fourth-order valence-electron chi connectivity index (χ4n) is 0. The summed E-state index contributed by atoms with van der Waals surface area (Å²) in [4.78, 5) is 0. The van der Waals surface area contributed by atoms with Crippen LogP contribution in [0.5, 0.6) is 0 Å². The number of nitrogens with zero attached hydrogens (tertiary/aromatic N) is 6. The van der Waals surface area contributed by atoms with Gasteiger partial charge in [-0.2, -0.15) is 31.6 Å². The van der Waals surface area contributed by atoms with E-state index in [1.165, 1.54) is 41.5 Å². The Balaban J connectivity index is -0.0000000240. The van der Waals surface area contributed by atoms with Gasteiger partial charge in [-0.3, -0.25) is 0 Å². The van der Waals surface area contributed by atoms with E-state index in [0.29, 0.717) is 0 Å². The van der Waals surface area contributed by atoms with Crippen LogP contribution in [0.25, 0.3) is 0 Å². The lowest BCUT2D eigenvalue weighted by Crippen LogP contribution is -1.10. The molecular formula is C12H18N6. The fourth-order valence-corrected chi connectivity index (χ4v) is 0. The van der Waals surface area contributed by atoms with E-state index in [1.54, 1.807) is 36.4 Å². The van der Waals surface area contributed by atoms with Crippen molar-refractivity contribution in [3.63, 3.8) is 0 Å². The second-order valence-corrected chi connectivity index (χ2v) is 1.34. The van der Waals surface area contributed by atoms with Gasteiger partial charge in [-0.15, -0.1) is 0 Å². The van der Waals surface area contributed by atoms with E-state index in [9.17, 15) is 0 Å². The molecule has 0 heterocycles. The quantitative estimate of drug-likeness (QED) is 0.641. The second-order valence-electron chi connectivity index (χ2n) is 1.34. The topological polar surface area (TPSA) is 143 Å². The van der Waals surface area contributed by atoms with Crippen LogP contribution in [0, 0.1) is 68.0 Å². The molecule has 0 N–H and O–H groups in total. The monoisotopic (exact) mass is 246 g/mol. The molecule has 0 aliphatic heterocycles. The van der Waals surface area contributed by atoms with E-state index in [0.717, 1.165) is 0 Å². The molecule has 0 unspecified atom stereocenters. The van der Waals surface area contributed by atoms with Crippen molar-refractivity contribution in [3.05, 3.63) is 0 Å². The minimum Gasteiger partial charge on any atom is -0.199 e. The lowest BCUT2D eigenvalue weighted by atomic mass is 11.0. The molecule has 18 heavy (non-hydrogen) atoms. The van der Waals surface area contributed by atoms with Gasteiger partial charge in [0.25, 0.3) is 0 Å². The van der Waals surface area contributed by atoms with E-state index < -0.39 is 0 Å². The summed E-state index contributed by atoms with van der Waals surface area (Å²) < 4.78 is 0. The minimum absolute atomic E-state index is 1.43. The molecule has 0 bridgehead atoms. The van der Waals surface area contributed by atoms with E-state index in [1.807, 2.05) is 0 Å². The van der Waals surface area contributed by atoms with Crippen LogP contribution in [0.2, 0.25) is 0 Å². The highest BCUT2D eigenvalue weighted by atomic mass is 14.2. The van der Waals surface area contributed by atoms with Crippen LogP contribution in [0.15, 0.2) is 0 Å². The summed E-state index contributed by atoms with van der Waals surface area (Å²) in [5, 5.41) is 43.9. The fraction of sp³-hybridized carbons (Fsp3) is 0.500. The maximum Gasteiger partial charge on any atom is 0.0587 e. The Labute approximate surface area is 110 Å². The van der Waals surface area contributed by atoms with Crippen molar-refractivity contribution in [1.29, 1.82) is 31.6 Å². The minimum atomic E-state index is 1.43. The van der Waals surface area contributed by atoms with E-state index in [-0.39, 0.29) is 0 Å². The number of nitriles is 6. The largest absolute Gasteiger partial charge is 0.199 e. The average Bonchev–Trinajstić information content (AvgIpc) is 2.23. The summed E-state index contributed by atoms with van der Waals surface area (Å²) in [6, 6.07) is 10.5. The van der Waals surface area contributed by atoms with Gasteiger partial charge < -0.3 is 0 Å². The smallest absolute Gasteiger partial charge is 0.0587 e. The summed E-state index contributed by atoms with van der Waals surface area (Å²) in [6.07, 6.45) is 0. The zero-order valence-corrected chi connectivity index (χ0v) is 11.7. The van der Waals surface area contributed by atoms with Crippen LogP contribution in [-0.4, -0.2) is 0 Å². The molecule has 0 spiro atoms. The normalized spacial score (nSPS) is 2.67. The molecule has 0 fully saturated rings. The van der Waals surface area contributed by atoms with Gasteiger partial charge in [0.15, 0.2) is 0 Å². The molecule has 0 aromatic heterocycles. The first-order chi connectivity index (χ1) is 8.49. The van der Waals surface area contributed by atoms with Crippen molar-refractivity contribution in [3.8, 4) is 36.4 Å². The Hall–Kier alpha value is -3.06. The standard InChI is InChI=1S/6C2H3N/c6*1-2-3/h6*1H3. The Kier molecular flexibility index (Phi) is 545. The van der Waals surface area contributed by atoms with Crippen LogP contribution < -0.4 is 0 Å². The molecule has 6 nitrogen and oxygen atoms in total. The number of hydrogen-bond donors (Lipinski definition) is 0.